The number of hydrogen-bond donors (Lipinski definition) is 1. The highest BCUT2D eigenvalue weighted by Gasteiger charge is 2.32. The van der Waals surface area contributed by atoms with E-state index in [1.54, 1.807) is 14.0 Å². The van der Waals surface area contributed by atoms with Crippen molar-refractivity contribution >= 4 is 17.4 Å². The molecule has 0 aromatic heterocycles. The van der Waals surface area contributed by atoms with Crippen LogP contribution in [-0.4, -0.2) is 56.3 Å². The lowest BCUT2D eigenvalue weighted by molar-refractivity contribution is -0.149. The molecule has 3 aromatic rings. The zero-order valence-corrected chi connectivity index (χ0v) is 23.2. The van der Waals surface area contributed by atoms with Crippen LogP contribution < -0.4 is 9.64 Å². The minimum atomic E-state index is -0.948. The van der Waals surface area contributed by atoms with Crippen LogP contribution in [0.3, 0.4) is 0 Å². The summed E-state index contributed by atoms with van der Waals surface area (Å²) in [4.78, 5) is 18.9. The van der Waals surface area contributed by atoms with E-state index in [-0.39, 0.29) is 5.41 Å². The van der Waals surface area contributed by atoms with E-state index in [1.165, 1.54) is 11.3 Å². The predicted molar refractivity (Wildman–Crippen MR) is 154 cm³/mol. The zero-order valence-electron chi connectivity index (χ0n) is 23.2. The normalized spacial score (nSPS) is 15.4. The van der Waals surface area contributed by atoms with Crippen LogP contribution in [0.1, 0.15) is 49.4 Å². The van der Waals surface area contributed by atoms with Gasteiger partial charge in [-0.25, -0.2) is 4.79 Å². The Morgan fingerprint density at radius 1 is 1.05 bits per heavy atom. The molecule has 206 valence electrons. The summed E-state index contributed by atoms with van der Waals surface area (Å²) in [5.41, 5.74) is 6.30. The number of fused-ring (bicyclic) bond motifs is 1. The molecule has 0 fully saturated rings. The first-order valence-electron chi connectivity index (χ1n) is 13.4. The maximum atomic E-state index is 11.4. The fraction of sp³-hybridized carbons (Fsp3) is 0.375. The van der Waals surface area contributed by atoms with Gasteiger partial charge in [-0.1, -0.05) is 67.5 Å². The SMILES string of the molecule is CCO[C@H](Cc1ccc(OCCN2CCC(C)(C)c3cc(/C(=N\OC)c4ccccc4)ccc32)cc1)C(=O)O. The second kappa shape index (κ2) is 12.8. The molecule has 0 spiro atoms. The molecule has 4 rings (SSSR count). The van der Waals surface area contributed by atoms with E-state index in [0.29, 0.717) is 19.6 Å². The molecule has 1 aliphatic heterocycles. The van der Waals surface area contributed by atoms with Crippen LogP contribution in [0.5, 0.6) is 5.75 Å². The van der Waals surface area contributed by atoms with Gasteiger partial charge in [-0.3, -0.25) is 0 Å². The first kappa shape index (κ1) is 28.2. The number of ether oxygens (including phenoxy) is 2. The Morgan fingerprint density at radius 2 is 1.79 bits per heavy atom. The van der Waals surface area contributed by atoms with Crippen molar-refractivity contribution in [3.8, 4) is 5.75 Å². The molecule has 1 aliphatic rings. The molecular formula is C32H38N2O5. The molecule has 1 heterocycles. The maximum absolute atomic E-state index is 11.4. The van der Waals surface area contributed by atoms with E-state index in [9.17, 15) is 9.90 Å². The highest BCUT2D eigenvalue weighted by atomic mass is 16.6. The summed E-state index contributed by atoms with van der Waals surface area (Å²) >= 11 is 0. The van der Waals surface area contributed by atoms with Gasteiger partial charge in [0, 0.05) is 36.4 Å². The van der Waals surface area contributed by atoms with Crippen molar-refractivity contribution in [1.82, 2.24) is 0 Å². The fourth-order valence-corrected chi connectivity index (χ4v) is 4.99. The number of rotatable bonds is 12. The number of hydrogen-bond acceptors (Lipinski definition) is 6. The fourth-order valence-electron chi connectivity index (χ4n) is 4.99. The molecule has 0 unspecified atom stereocenters. The monoisotopic (exact) mass is 530 g/mol. The summed E-state index contributed by atoms with van der Waals surface area (Å²) in [7, 11) is 1.58. The number of carboxylic acids is 1. The van der Waals surface area contributed by atoms with Gasteiger partial charge in [0.2, 0.25) is 0 Å². The van der Waals surface area contributed by atoms with E-state index >= 15 is 0 Å². The molecule has 0 aliphatic carbocycles. The second-order valence-electron chi connectivity index (χ2n) is 10.3. The van der Waals surface area contributed by atoms with Crippen molar-refractivity contribution in [3.05, 3.63) is 95.1 Å². The van der Waals surface area contributed by atoms with Crippen LogP contribution in [0.15, 0.2) is 78.0 Å². The van der Waals surface area contributed by atoms with Crippen LogP contribution in [0.25, 0.3) is 0 Å². The quantitative estimate of drug-likeness (QED) is 0.240. The van der Waals surface area contributed by atoms with Crippen molar-refractivity contribution in [2.75, 3.05) is 38.3 Å². The van der Waals surface area contributed by atoms with Crippen LogP contribution in [0.4, 0.5) is 5.69 Å². The van der Waals surface area contributed by atoms with Gasteiger partial charge in [0.05, 0.1) is 6.54 Å². The standard InChI is InChI=1S/C32H38N2O5/c1-5-38-29(31(35)36)21-23-11-14-26(15-12-23)39-20-19-34-18-17-32(2,3)27-22-25(13-16-28(27)34)30(33-37-4)24-9-7-6-8-10-24/h6-16,22,29H,5,17-21H2,1-4H3,(H,35,36)/b33-30-/t29-/m1/s1. The van der Waals surface area contributed by atoms with Crippen molar-refractivity contribution < 1.29 is 24.2 Å². The van der Waals surface area contributed by atoms with Crippen molar-refractivity contribution in [1.29, 1.82) is 0 Å². The Morgan fingerprint density at radius 3 is 2.46 bits per heavy atom. The minimum Gasteiger partial charge on any atom is -0.492 e. The predicted octanol–water partition coefficient (Wildman–Crippen LogP) is 5.68. The number of anilines is 1. The highest BCUT2D eigenvalue weighted by molar-refractivity contribution is 6.13. The zero-order chi connectivity index (χ0) is 27.8. The van der Waals surface area contributed by atoms with Gasteiger partial charge in [-0.15, -0.1) is 0 Å². The Labute approximate surface area is 231 Å². The molecule has 1 atom stereocenters. The lowest BCUT2D eigenvalue weighted by Crippen LogP contribution is -2.39. The third-order valence-corrected chi connectivity index (χ3v) is 7.19. The number of aliphatic carboxylic acids is 1. The number of nitrogens with zero attached hydrogens (tertiary/aromatic N) is 2. The molecule has 0 radical (unpaired) electrons. The summed E-state index contributed by atoms with van der Waals surface area (Å²) in [6, 6.07) is 24.2. The Kier molecular flexibility index (Phi) is 9.25. The molecule has 7 heteroatoms. The summed E-state index contributed by atoms with van der Waals surface area (Å²) in [5, 5.41) is 13.7. The highest BCUT2D eigenvalue weighted by Crippen LogP contribution is 2.40. The Balaban J connectivity index is 1.44. The lowest BCUT2D eigenvalue weighted by Gasteiger charge is -2.40. The molecule has 3 aromatic carbocycles. The average molecular weight is 531 g/mol. The lowest BCUT2D eigenvalue weighted by atomic mass is 9.76. The van der Waals surface area contributed by atoms with Gasteiger partial charge in [-0.05, 0) is 54.2 Å². The average Bonchev–Trinajstić information content (AvgIpc) is 2.94. The molecule has 1 N–H and O–H groups in total. The van der Waals surface area contributed by atoms with Crippen LogP contribution in [0, 0.1) is 0 Å². The molecule has 7 nitrogen and oxygen atoms in total. The Hall–Kier alpha value is -3.84. The number of benzene rings is 3. The van der Waals surface area contributed by atoms with Gasteiger partial charge in [0.1, 0.15) is 25.2 Å². The molecule has 0 bridgehead atoms. The van der Waals surface area contributed by atoms with E-state index in [4.69, 9.17) is 14.3 Å². The van der Waals surface area contributed by atoms with Crippen molar-refractivity contribution in [2.24, 2.45) is 5.16 Å². The van der Waals surface area contributed by atoms with Gasteiger partial charge in [-0.2, -0.15) is 0 Å². The van der Waals surface area contributed by atoms with Crippen molar-refractivity contribution in [2.45, 2.75) is 45.1 Å². The van der Waals surface area contributed by atoms with Gasteiger partial charge < -0.3 is 24.3 Å². The van der Waals surface area contributed by atoms with Crippen molar-refractivity contribution in [3.63, 3.8) is 0 Å². The molecule has 0 amide bonds. The first-order chi connectivity index (χ1) is 18.8. The van der Waals surface area contributed by atoms with E-state index in [1.807, 2.05) is 54.6 Å². The summed E-state index contributed by atoms with van der Waals surface area (Å²) in [5.74, 6) is -0.185. The summed E-state index contributed by atoms with van der Waals surface area (Å²) in [6.07, 6.45) is 0.521. The van der Waals surface area contributed by atoms with E-state index in [2.05, 4.69) is 42.1 Å². The smallest absolute Gasteiger partial charge is 0.333 e. The van der Waals surface area contributed by atoms with Gasteiger partial charge in [0.15, 0.2) is 6.10 Å². The minimum absolute atomic E-state index is 0.0305. The maximum Gasteiger partial charge on any atom is 0.333 e. The Bertz CT molecular complexity index is 1270. The molecule has 0 saturated carbocycles. The first-order valence-corrected chi connectivity index (χ1v) is 13.4. The molecule has 39 heavy (non-hydrogen) atoms. The van der Waals surface area contributed by atoms with Gasteiger partial charge >= 0.3 is 5.97 Å². The molecule has 0 saturated heterocycles. The van der Waals surface area contributed by atoms with Crippen LogP contribution >= 0.6 is 0 Å². The third-order valence-electron chi connectivity index (χ3n) is 7.19. The summed E-state index contributed by atoms with van der Waals surface area (Å²) in [6.45, 7) is 9.00. The van der Waals surface area contributed by atoms with Crippen LogP contribution in [0.2, 0.25) is 0 Å². The number of carboxylic acid groups (broad SMARTS) is 1. The van der Waals surface area contributed by atoms with E-state index < -0.39 is 12.1 Å². The second-order valence-corrected chi connectivity index (χ2v) is 10.3. The third kappa shape index (κ3) is 6.98. The van der Waals surface area contributed by atoms with Gasteiger partial charge in [0.25, 0.3) is 0 Å². The number of oxime groups is 1. The number of carbonyl (C=O) groups is 1. The largest absolute Gasteiger partial charge is 0.492 e. The summed E-state index contributed by atoms with van der Waals surface area (Å²) < 4.78 is 11.4. The molecular weight excluding hydrogens is 492 g/mol. The van der Waals surface area contributed by atoms with Crippen LogP contribution in [-0.2, 0) is 26.2 Å². The van der Waals surface area contributed by atoms with E-state index in [0.717, 1.165) is 47.7 Å². The topological polar surface area (TPSA) is 80.6 Å².